The minimum atomic E-state index is 0.0621. The van der Waals surface area contributed by atoms with Gasteiger partial charge in [-0.25, -0.2) is 0 Å². The third kappa shape index (κ3) is 0.887. The van der Waals surface area contributed by atoms with Crippen molar-refractivity contribution in [2.45, 2.75) is 6.04 Å². The first-order chi connectivity index (χ1) is 5.40. The highest BCUT2D eigenvalue weighted by molar-refractivity contribution is 5.48. The normalized spacial score (nSPS) is 25.5. The highest BCUT2D eigenvalue weighted by Crippen LogP contribution is 2.23. The Hall–Kier alpha value is -1.69. The molecule has 3 heteroatoms. The smallest absolute Gasteiger partial charge is 0.116 e. The van der Waals surface area contributed by atoms with Crippen molar-refractivity contribution < 1.29 is 0 Å². The van der Waals surface area contributed by atoms with Gasteiger partial charge < -0.3 is 0 Å². The minimum absolute atomic E-state index is 0.0621. The van der Waals surface area contributed by atoms with Crippen molar-refractivity contribution in [3.8, 4) is 6.07 Å². The summed E-state index contributed by atoms with van der Waals surface area (Å²) in [6.07, 6.45) is 7.14. The number of nitrogens with zero attached hydrogens (tertiary/aromatic N) is 3. The van der Waals surface area contributed by atoms with Crippen molar-refractivity contribution in [1.29, 1.82) is 5.26 Å². The maximum Gasteiger partial charge on any atom is 0.116 e. The largest absolute Gasteiger partial charge is 0.192 e. The van der Waals surface area contributed by atoms with Crippen LogP contribution in [-0.2, 0) is 0 Å². The molecule has 0 aromatic carbocycles. The topological polar surface area (TPSA) is 48.5 Å². The summed E-state index contributed by atoms with van der Waals surface area (Å²) in [7, 11) is 0. The molecule has 52 valence electrons. The summed E-state index contributed by atoms with van der Waals surface area (Å²) in [4.78, 5) is 0. The van der Waals surface area contributed by atoms with Crippen LogP contribution in [0.3, 0.4) is 0 Å². The van der Waals surface area contributed by atoms with E-state index in [0.29, 0.717) is 5.57 Å². The van der Waals surface area contributed by atoms with Crippen molar-refractivity contribution in [2.24, 2.45) is 10.2 Å². The van der Waals surface area contributed by atoms with Gasteiger partial charge in [0.1, 0.15) is 6.04 Å². The molecule has 0 saturated heterocycles. The van der Waals surface area contributed by atoms with Crippen molar-refractivity contribution in [2.75, 3.05) is 0 Å². The SMILES string of the molecule is N#CC1=CC2=CN=N[C@H]2C=C1. The lowest BCUT2D eigenvalue weighted by atomic mass is 10.0. The van der Waals surface area contributed by atoms with Crippen LogP contribution >= 0.6 is 0 Å². The molecule has 3 nitrogen and oxygen atoms in total. The molecule has 11 heavy (non-hydrogen) atoms. The molecule has 1 aliphatic carbocycles. The van der Waals surface area contributed by atoms with E-state index in [-0.39, 0.29) is 6.04 Å². The fourth-order valence-corrected chi connectivity index (χ4v) is 1.08. The number of nitriles is 1. The van der Waals surface area contributed by atoms with Gasteiger partial charge in [0.05, 0.1) is 17.8 Å². The zero-order valence-electron chi connectivity index (χ0n) is 5.73. The van der Waals surface area contributed by atoms with Crippen molar-refractivity contribution >= 4 is 0 Å². The monoisotopic (exact) mass is 143 g/mol. The van der Waals surface area contributed by atoms with Crippen LogP contribution in [0, 0.1) is 11.3 Å². The van der Waals surface area contributed by atoms with Crippen LogP contribution in [0.4, 0.5) is 0 Å². The van der Waals surface area contributed by atoms with Gasteiger partial charge in [0.2, 0.25) is 0 Å². The Morgan fingerprint density at radius 2 is 2.45 bits per heavy atom. The average Bonchev–Trinajstić information content (AvgIpc) is 2.50. The van der Waals surface area contributed by atoms with E-state index in [1.54, 1.807) is 12.3 Å². The highest BCUT2D eigenvalue weighted by atomic mass is 15.1. The van der Waals surface area contributed by atoms with Crippen molar-refractivity contribution in [3.63, 3.8) is 0 Å². The molecule has 1 atom stereocenters. The van der Waals surface area contributed by atoms with Crippen LogP contribution in [0.5, 0.6) is 0 Å². The first kappa shape index (κ1) is 6.05. The van der Waals surface area contributed by atoms with Crippen molar-refractivity contribution in [1.82, 2.24) is 0 Å². The van der Waals surface area contributed by atoms with Gasteiger partial charge in [0.15, 0.2) is 0 Å². The first-order valence-electron chi connectivity index (χ1n) is 3.30. The highest BCUT2D eigenvalue weighted by Gasteiger charge is 2.16. The quantitative estimate of drug-likeness (QED) is 0.509. The summed E-state index contributed by atoms with van der Waals surface area (Å²) in [6.45, 7) is 0. The second-order valence-electron chi connectivity index (χ2n) is 2.38. The molecule has 2 rings (SSSR count). The van der Waals surface area contributed by atoms with E-state index in [1.165, 1.54) is 0 Å². The first-order valence-corrected chi connectivity index (χ1v) is 3.30. The van der Waals surface area contributed by atoms with Crippen LogP contribution in [-0.4, -0.2) is 6.04 Å². The average molecular weight is 143 g/mol. The second-order valence-corrected chi connectivity index (χ2v) is 2.38. The fraction of sp³-hybridized carbons (Fsp3) is 0.125. The molecule has 0 aromatic heterocycles. The molecule has 0 radical (unpaired) electrons. The standard InChI is InChI=1S/C8H5N3/c9-4-6-1-2-8-7(3-6)5-10-11-8/h1-3,5,8H/t8-/m0/s1. The molecule has 1 heterocycles. The predicted octanol–water partition coefficient (Wildman–Crippen LogP) is 1.72. The number of allylic oxidation sites excluding steroid dienone is 2. The lowest BCUT2D eigenvalue weighted by Gasteiger charge is -2.05. The molecular formula is C8H5N3. The van der Waals surface area contributed by atoms with E-state index >= 15 is 0 Å². The van der Waals surface area contributed by atoms with Crippen LogP contribution < -0.4 is 0 Å². The Labute approximate surface area is 64.1 Å². The van der Waals surface area contributed by atoms with Gasteiger partial charge in [-0.05, 0) is 12.2 Å². The van der Waals surface area contributed by atoms with Gasteiger partial charge in [-0.3, -0.25) is 0 Å². The van der Waals surface area contributed by atoms with E-state index in [2.05, 4.69) is 16.3 Å². The van der Waals surface area contributed by atoms with Gasteiger partial charge >= 0.3 is 0 Å². The third-order valence-electron chi connectivity index (χ3n) is 1.65. The molecule has 0 amide bonds. The predicted molar refractivity (Wildman–Crippen MR) is 39.6 cm³/mol. The van der Waals surface area contributed by atoms with Gasteiger partial charge in [0.25, 0.3) is 0 Å². The number of hydrogen-bond donors (Lipinski definition) is 0. The number of rotatable bonds is 0. The third-order valence-corrected chi connectivity index (χ3v) is 1.65. The van der Waals surface area contributed by atoms with Crippen LogP contribution in [0.2, 0.25) is 0 Å². The maximum absolute atomic E-state index is 8.55. The molecule has 2 aliphatic rings. The van der Waals surface area contributed by atoms with Crippen LogP contribution in [0.25, 0.3) is 0 Å². The summed E-state index contributed by atoms with van der Waals surface area (Å²) in [6, 6.07) is 2.13. The minimum Gasteiger partial charge on any atom is -0.192 e. The molecule has 0 fully saturated rings. The van der Waals surface area contributed by atoms with E-state index in [9.17, 15) is 0 Å². The summed E-state index contributed by atoms with van der Waals surface area (Å²) >= 11 is 0. The zero-order valence-corrected chi connectivity index (χ0v) is 5.73. The molecule has 0 saturated carbocycles. The second kappa shape index (κ2) is 2.17. The molecule has 1 aliphatic heterocycles. The van der Waals surface area contributed by atoms with E-state index in [1.807, 2.05) is 12.2 Å². The Morgan fingerprint density at radius 1 is 1.55 bits per heavy atom. The van der Waals surface area contributed by atoms with Gasteiger partial charge in [-0.2, -0.15) is 15.5 Å². The van der Waals surface area contributed by atoms with Gasteiger partial charge in [0, 0.05) is 5.57 Å². The van der Waals surface area contributed by atoms with Crippen LogP contribution in [0.15, 0.2) is 45.8 Å². The Bertz CT molecular complexity index is 339. The lowest BCUT2D eigenvalue weighted by Crippen LogP contribution is -2.02. The van der Waals surface area contributed by atoms with Gasteiger partial charge in [-0.1, -0.05) is 6.08 Å². The number of fused-ring (bicyclic) bond motifs is 1. The molecule has 0 spiro atoms. The fourth-order valence-electron chi connectivity index (χ4n) is 1.08. The van der Waals surface area contributed by atoms with Crippen molar-refractivity contribution in [3.05, 3.63) is 35.6 Å². The van der Waals surface area contributed by atoms with E-state index in [4.69, 9.17) is 5.26 Å². The number of azo groups is 1. The summed E-state index contributed by atoms with van der Waals surface area (Å²) in [5, 5.41) is 16.2. The zero-order chi connectivity index (χ0) is 7.68. The van der Waals surface area contributed by atoms with Crippen LogP contribution in [0.1, 0.15) is 0 Å². The summed E-state index contributed by atoms with van der Waals surface area (Å²) in [5.41, 5.74) is 1.67. The molecule has 0 N–H and O–H groups in total. The summed E-state index contributed by atoms with van der Waals surface area (Å²) < 4.78 is 0. The van der Waals surface area contributed by atoms with E-state index < -0.39 is 0 Å². The molecule has 0 unspecified atom stereocenters. The van der Waals surface area contributed by atoms with E-state index in [0.717, 1.165) is 5.57 Å². The Balaban J connectivity index is 2.39. The molecular weight excluding hydrogens is 138 g/mol. The lowest BCUT2D eigenvalue weighted by molar-refractivity contribution is 0.942. The maximum atomic E-state index is 8.55. The Kier molecular flexibility index (Phi) is 1.19. The number of hydrogen-bond acceptors (Lipinski definition) is 3. The molecule has 0 aromatic rings. The molecule has 0 bridgehead atoms. The van der Waals surface area contributed by atoms with Gasteiger partial charge in [-0.15, -0.1) is 0 Å². The Morgan fingerprint density at radius 3 is 3.27 bits per heavy atom. The summed E-state index contributed by atoms with van der Waals surface area (Å²) in [5.74, 6) is 0.